The van der Waals surface area contributed by atoms with Gasteiger partial charge in [-0.2, -0.15) is 0 Å². The van der Waals surface area contributed by atoms with Crippen LogP contribution in [0.25, 0.3) is 0 Å². The first-order valence-electron chi connectivity index (χ1n) is 1.49. The predicted molar refractivity (Wildman–Crippen MR) is 23.1 cm³/mol. The van der Waals surface area contributed by atoms with Crippen LogP contribution in [0.15, 0.2) is 12.3 Å². The molecule has 3 heteroatoms. The standard InChI is InChI=1S/C3H6NO2/c1-3(5)2-4-6/h4-5H,1-2H2/q-1. The lowest BCUT2D eigenvalue weighted by Gasteiger charge is -2.02. The Morgan fingerprint density at radius 2 is 2.50 bits per heavy atom. The summed E-state index contributed by atoms with van der Waals surface area (Å²) in [5, 5.41) is 17.4. The number of nitrogens with one attached hydrogen (secondary N) is 1. The van der Waals surface area contributed by atoms with Crippen LogP contribution in [0.3, 0.4) is 0 Å². The quantitative estimate of drug-likeness (QED) is 0.373. The van der Waals surface area contributed by atoms with Crippen LogP contribution in [0, 0.1) is 5.21 Å². The zero-order valence-electron chi connectivity index (χ0n) is 3.27. The number of hydroxylamine groups is 1. The summed E-state index contributed by atoms with van der Waals surface area (Å²) in [6.07, 6.45) is 0. The molecule has 0 spiro atoms. The smallest absolute Gasteiger partial charge is 0.0979 e. The second-order valence-electron chi connectivity index (χ2n) is 0.887. The van der Waals surface area contributed by atoms with Crippen molar-refractivity contribution in [1.82, 2.24) is 5.48 Å². The Morgan fingerprint density at radius 3 is 2.50 bits per heavy atom. The third kappa shape index (κ3) is 3.46. The molecular weight excluding hydrogens is 82.0 g/mol. The molecule has 0 aromatic carbocycles. The van der Waals surface area contributed by atoms with Gasteiger partial charge in [0.2, 0.25) is 0 Å². The van der Waals surface area contributed by atoms with E-state index < -0.39 is 0 Å². The predicted octanol–water partition coefficient (Wildman–Crippen LogP) is 0.145. The fourth-order valence-electron chi connectivity index (χ4n) is 0.0833. The molecule has 0 saturated carbocycles. The Balaban J connectivity index is 2.83. The molecule has 2 N–H and O–H groups in total. The molecule has 0 amide bonds. The first-order chi connectivity index (χ1) is 2.77. The SMILES string of the molecule is C=C(O)CN[O-]. The van der Waals surface area contributed by atoms with Crippen molar-refractivity contribution in [3.63, 3.8) is 0 Å². The van der Waals surface area contributed by atoms with E-state index in [1.165, 1.54) is 5.48 Å². The first kappa shape index (κ1) is 5.46. The molecular formula is C3H6NO2-. The average Bonchev–Trinajstić information content (AvgIpc) is 1.35. The van der Waals surface area contributed by atoms with E-state index in [-0.39, 0.29) is 12.3 Å². The van der Waals surface area contributed by atoms with Crippen molar-refractivity contribution in [3.05, 3.63) is 17.5 Å². The van der Waals surface area contributed by atoms with Crippen molar-refractivity contribution in [1.29, 1.82) is 0 Å². The van der Waals surface area contributed by atoms with E-state index in [1.54, 1.807) is 0 Å². The molecule has 0 fully saturated rings. The van der Waals surface area contributed by atoms with E-state index in [0.717, 1.165) is 0 Å². The summed E-state index contributed by atoms with van der Waals surface area (Å²) in [6.45, 7) is 2.97. The first-order valence-corrected chi connectivity index (χ1v) is 1.49. The Kier molecular flexibility index (Phi) is 2.44. The summed E-state index contributed by atoms with van der Waals surface area (Å²) >= 11 is 0. The number of aliphatic hydroxyl groups is 1. The molecule has 0 unspecified atom stereocenters. The molecule has 0 bridgehead atoms. The minimum absolute atomic E-state index is 0.0694. The van der Waals surface area contributed by atoms with E-state index in [0.29, 0.717) is 0 Å². The second-order valence-corrected chi connectivity index (χ2v) is 0.887. The molecule has 0 radical (unpaired) electrons. The average molecular weight is 88.1 g/mol. The van der Waals surface area contributed by atoms with E-state index in [9.17, 15) is 5.21 Å². The topological polar surface area (TPSA) is 55.3 Å². The fourth-order valence-corrected chi connectivity index (χ4v) is 0.0833. The van der Waals surface area contributed by atoms with Gasteiger partial charge in [-0.1, -0.05) is 6.58 Å². The van der Waals surface area contributed by atoms with Crippen molar-refractivity contribution < 1.29 is 5.11 Å². The summed E-state index contributed by atoms with van der Waals surface area (Å²) in [7, 11) is 0. The van der Waals surface area contributed by atoms with Gasteiger partial charge in [-0.05, 0) is 0 Å². The van der Waals surface area contributed by atoms with E-state index >= 15 is 0 Å². The lowest BCUT2D eigenvalue weighted by atomic mass is 10.6. The van der Waals surface area contributed by atoms with Gasteiger partial charge in [0.05, 0.1) is 5.76 Å². The van der Waals surface area contributed by atoms with Crippen molar-refractivity contribution in [2.45, 2.75) is 0 Å². The van der Waals surface area contributed by atoms with Gasteiger partial charge in [0.1, 0.15) is 0 Å². The monoisotopic (exact) mass is 88.0 g/mol. The van der Waals surface area contributed by atoms with Crippen molar-refractivity contribution in [2.24, 2.45) is 0 Å². The zero-order valence-corrected chi connectivity index (χ0v) is 3.27. The summed E-state index contributed by atoms with van der Waals surface area (Å²) < 4.78 is 0. The molecule has 36 valence electrons. The van der Waals surface area contributed by atoms with E-state index in [2.05, 4.69) is 6.58 Å². The summed E-state index contributed by atoms with van der Waals surface area (Å²) in [4.78, 5) is 0. The fraction of sp³-hybridized carbons (Fsp3) is 0.333. The molecule has 0 aliphatic rings. The highest BCUT2D eigenvalue weighted by Crippen LogP contribution is 1.71. The molecule has 3 nitrogen and oxygen atoms in total. The molecule has 0 heterocycles. The number of aliphatic hydroxyl groups excluding tert-OH is 1. The van der Waals surface area contributed by atoms with Gasteiger partial charge in [0, 0.05) is 6.54 Å². The van der Waals surface area contributed by atoms with Crippen LogP contribution in [-0.2, 0) is 0 Å². The van der Waals surface area contributed by atoms with Crippen molar-refractivity contribution in [2.75, 3.05) is 6.54 Å². The molecule has 0 aromatic heterocycles. The molecule has 0 rings (SSSR count). The van der Waals surface area contributed by atoms with Gasteiger partial charge in [-0.25, -0.2) is 0 Å². The lowest BCUT2D eigenvalue weighted by Crippen LogP contribution is -2.06. The number of hydrogen-bond acceptors (Lipinski definition) is 3. The van der Waals surface area contributed by atoms with E-state index in [4.69, 9.17) is 5.11 Å². The molecule has 0 atom stereocenters. The maximum atomic E-state index is 9.27. The third-order valence-electron chi connectivity index (χ3n) is 0.276. The Labute approximate surface area is 35.9 Å². The summed E-state index contributed by atoms with van der Waals surface area (Å²) in [6, 6.07) is 0. The molecule has 0 aromatic rings. The maximum absolute atomic E-state index is 9.27. The largest absolute Gasteiger partial charge is 0.787 e. The van der Waals surface area contributed by atoms with Crippen LogP contribution >= 0.6 is 0 Å². The van der Waals surface area contributed by atoms with Crippen LogP contribution in [0.5, 0.6) is 0 Å². The lowest BCUT2D eigenvalue weighted by molar-refractivity contribution is 0.399. The Morgan fingerprint density at radius 1 is 2.00 bits per heavy atom. The number of hydrogen-bond donors (Lipinski definition) is 2. The highest BCUT2D eigenvalue weighted by atomic mass is 16.5. The molecule has 0 aliphatic heterocycles. The molecule has 6 heavy (non-hydrogen) atoms. The van der Waals surface area contributed by atoms with Crippen LogP contribution in [0.1, 0.15) is 0 Å². The zero-order chi connectivity index (χ0) is 4.99. The number of rotatable bonds is 2. The van der Waals surface area contributed by atoms with Gasteiger partial charge in [0.25, 0.3) is 0 Å². The van der Waals surface area contributed by atoms with Gasteiger partial charge in [-0.15, -0.1) is 0 Å². The maximum Gasteiger partial charge on any atom is 0.0979 e. The third-order valence-corrected chi connectivity index (χ3v) is 0.276. The van der Waals surface area contributed by atoms with Crippen LogP contribution in [0.4, 0.5) is 0 Å². The second kappa shape index (κ2) is 2.68. The summed E-state index contributed by atoms with van der Waals surface area (Å²) in [5.41, 5.74) is 1.47. The molecule has 0 aliphatic carbocycles. The molecule has 0 saturated heterocycles. The normalized spacial score (nSPS) is 8.17. The van der Waals surface area contributed by atoms with Crippen LogP contribution in [0.2, 0.25) is 0 Å². The van der Waals surface area contributed by atoms with Gasteiger partial charge in [-0.3, -0.25) is 0 Å². The minimum atomic E-state index is -0.134. The van der Waals surface area contributed by atoms with Crippen molar-refractivity contribution >= 4 is 0 Å². The van der Waals surface area contributed by atoms with E-state index in [1.807, 2.05) is 0 Å². The van der Waals surface area contributed by atoms with Crippen LogP contribution < -0.4 is 5.48 Å². The Hall–Kier alpha value is -0.540. The minimum Gasteiger partial charge on any atom is -0.787 e. The Bertz CT molecular complexity index is 52.8. The van der Waals surface area contributed by atoms with Gasteiger partial charge < -0.3 is 15.8 Å². The highest BCUT2D eigenvalue weighted by molar-refractivity contribution is 4.81. The van der Waals surface area contributed by atoms with Crippen molar-refractivity contribution in [3.8, 4) is 0 Å². The highest BCUT2D eigenvalue weighted by Gasteiger charge is 1.73. The van der Waals surface area contributed by atoms with Gasteiger partial charge >= 0.3 is 0 Å². The summed E-state index contributed by atoms with van der Waals surface area (Å²) in [5.74, 6) is -0.134. The van der Waals surface area contributed by atoms with Gasteiger partial charge in [0.15, 0.2) is 0 Å². The van der Waals surface area contributed by atoms with Crippen LogP contribution in [-0.4, -0.2) is 11.7 Å².